The van der Waals surface area contributed by atoms with E-state index < -0.39 is 0 Å². The summed E-state index contributed by atoms with van der Waals surface area (Å²) in [7, 11) is 0. The zero-order valence-corrected chi connectivity index (χ0v) is 10.7. The van der Waals surface area contributed by atoms with Crippen molar-refractivity contribution in [2.24, 2.45) is 0 Å². The summed E-state index contributed by atoms with van der Waals surface area (Å²) in [5, 5.41) is 1.68. The quantitative estimate of drug-likeness (QED) is 0.645. The number of fused-ring (bicyclic) bond motifs is 1. The van der Waals surface area contributed by atoms with Crippen molar-refractivity contribution >= 4 is 28.3 Å². The normalized spacial score (nSPS) is 11.0. The molecule has 0 aliphatic rings. The maximum Gasteiger partial charge on any atom is 0.137 e. The van der Waals surface area contributed by atoms with Gasteiger partial charge in [-0.05, 0) is 48.9 Å². The van der Waals surface area contributed by atoms with Gasteiger partial charge in [-0.15, -0.1) is 0 Å². The van der Waals surface area contributed by atoms with E-state index in [4.69, 9.17) is 21.8 Å². The van der Waals surface area contributed by atoms with Gasteiger partial charge in [-0.1, -0.05) is 17.7 Å². The van der Waals surface area contributed by atoms with Crippen LogP contribution in [0.15, 0.2) is 46.9 Å². The SMILES string of the molecule is Cc1ccc(-c2cc3cc(Cl)ccc3o2)c(N)c1. The Kier molecular flexibility index (Phi) is 2.53. The zero-order chi connectivity index (χ0) is 12.7. The van der Waals surface area contributed by atoms with Crippen LogP contribution in [0.4, 0.5) is 5.69 Å². The van der Waals surface area contributed by atoms with Crippen LogP contribution >= 0.6 is 11.6 Å². The van der Waals surface area contributed by atoms with Gasteiger partial charge in [0.15, 0.2) is 0 Å². The van der Waals surface area contributed by atoms with Crippen LogP contribution in [-0.2, 0) is 0 Å². The molecule has 0 radical (unpaired) electrons. The average Bonchev–Trinajstić information content (AvgIpc) is 2.71. The minimum atomic E-state index is 0.701. The Hall–Kier alpha value is -1.93. The fourth-order valence-corrected chi connectivity index (χ4v) is 2.23. The Morgan fingerprint density at radius 1 is 1.06 bits per heavy atom. The molecule has 0 fully saturated rings. The Morgan fingerprint density at radius 2 is 1.89 bits per heavy atom. The first-order chi connectivity index (χ1) is 8.63. The van der Waals surface area contributed by atoms with Gasteiger partial charge in [-0.25, -0.2) is 0 Å². The first-order valence-electron chi connectivity index (χ1n) is 5.69. The van der Waals surface area contributed by atoms with E-state index in [0.29, 0.717) is 5.02 Å². The molecule has 0 aliphatic carbocycles. The molecule has 0 unspecified atom stereocenters. The monoisotopic (exact) mass is 257 g/mol. The van der Waals surface area contributed by atoms with Crippen LogP contribution in [-0.4, -0.2) is 0 Å². The van der Waals surface area contributed by atoms with Crippen molar-refractivity contribution in [3.63, 3.8) is 0 Å². The summed E-state index contributed by atoms with van der Waals surface area (Å²) in [6, 6.07) is 13.5. The number of benzene rings is 2. The van der Waals surface area contributed by atoms with Gasteiger partial charge in [0, 0.05) is 21.7 Å². The number of hydrogen-bond acceptors (Lipinski definition) is 2. The van der Waals surface area contributed by atoms with Gasteiger partial charge in [0.1, 0.15) is 11.3 Å². The number of nitrogens with two attached hydrogens (primary N) is 1. The molecule has 2 N–H and O–H groups in total. The van der Waals surface area contributed by atoms with Crippen LogP contribution in [0.1, 0.15) is 5.56 Å². The summed E-state index contributed by atoms with van der Waals surface area (Å²) in [5.74, 6) is 0.768. The van der Waals surface area contributed by atoms with Gasteiger partial charge < -0.3 is 10.2 Å². The lowest BCUT2D eigenvalue weighted by molar-refractivity contribution is 0.632. The van der Waals surface area contributed by atoms with Crippen LogP contribution in [0, 0.1) is 6.92 Å². The van der Waals surface area contributed by atoms with Crippen molar-refractivity contribution < 1.29 is 4.42 Å². The van der Waals surface area contributed by atoms with Gasteiger partial charge in [0.25, 0.3) is 0 Å². The highest BCUT2D eigenvalue weighted by atomic mass is 35.5. The highest BCUT2D eigenvalue weighted by Gasteiger charge is 2.09. The fraction of sp³-hybridized carbons (Fsp3) is 0.0667. The number of rotatable bonds is 1. The maximum atomic E-state index is 6.02. The van der Waals surface area contributed by atoms with Crippen molar-refractivity contribution in [2.75, 3.05) is 5.73 Å². The standard InChI is InChI=1S/C15H12ClNO/c1-9-2-4-12(13(17)6-9)15-8-10-7-11(16)3-5-14(10)18-15/h2-8H,17H2,1H3. The number of nitrogen functional groups attached to an aromatic ring is 1. The Balaban J connectivity index is 2.19. The molecule has 0 amide bonds. The van der Waals surface area contributed by atoms with Crippen molar-refractivity contribution in [3.05, 3.63) is 53.1 Å². The first-order valence-corrected chi connectivity index (χ1v) is 6.07. The minimum Gasteiger partial charge on any atom is -0.456 e. The summed E-state index contributed by atoms with van der Waals surface area (Å²) in [6.07, 6.45) is 0. The van der Waals surface area contributed by atoms with E-state index in [1.807, 2.05) is 49.4 Å². The Morgan fingerprint density at radius 3 is 2.67 bits per heavy atom. The maximum absolute atomic E-state index is 6.02. The molecule has 0 atom stereocenters. The highest BCUT2D eigenvalue weighted by molar-refractivity contribution is 6.31. The summed E-state index contributed by atoms with van der Waals surface area (Å²) in [5.41, 5.74) is 9.60. The molecule has 2 nitrogen and oxygen atoms in total. The van der Waals surface area contributed by atoms with Crippen molar-refractivity contribution in [1.29, 1.82) is 0 Å². The summed E-state index contributed by atoms with van der Waals surface area (Å²) in [4.78, 5) is 0. The zero-order valence-electron chi connectivity index (χ0n) is 9.91. The van der Waals surface area contributed by atoms with Crippen molar-refractivity contribution in [2.45, 2.75) is 6.92 Å². The smallest absolute Gasteiger partial charge is 0.137 e. The van der Waals surface area contributed by atoms with Gasteiger partial charge in [-0.3, -0.25) is 0 Å². The van der Waals surface area contributed by atoms with Gasteiger partial charge in [0.05, 0.1) is 0 Å². The molecule has 90 valence electrons. The van der Waals surface area contributed by atoms with E-state index >= 15 is 0 Å². The van der Waals surface area contributed by atoms with E-state index in [-0.39, 0.29) is 0 Å². The van der Waals surface area contributed by atoms with Crippen molar-refractivity contribution in [1.82, 2.24) is 0 Å². The molecule has 3 aromatic rings. The van der Waals surface area contributed by atoms with Crippen LogP contribution in [0.2, 0.25) is 5.02 Å². The molecule has 3 rings (SSSR count). The average molecular weight is 258 g/mol. The largest absolute Gasteiger partial charge is 0.456 e. The highest BCUT2D eigenvalue weighted by Crippen LogP contribution is 2.32. The number of furan rings is 1. The van der Waals surface area contributed by atoms with Crippen LogP contribution < -0.4 is 5.73 Å². The third-order valence-electron chi connectivity index (χ3n) is 2.95. The number of anilines is 1. The lowest BCUT2D eigenvalue weighted by Gasteiger charge is -2.02. The lowest BCUT2D eigenvalue weighted by atomic mass is 10.1. The predicted molar refractivity (Wildman–Crippen MR) is 75.8 cm³/mol. The lowest BCUT2D eigenvalue weighted by Crippen LogP contribution is -1.89. The van der Waals surface area contributed by atoms with E-state index in [1.54, 1.807) is 0 Å². The van der Waals surface area contributed by atoms with Crippen molar-refractivity contribution in [3.8, 4) is 11.3 Å². The first kappa shape index (κ1) is 11.2. The summed E-state index contributed by atoms with van der Waals surface area (Å²) >= 11 is 5.96. The Bertz CT molecular complexity index is 730. The van der Waals surface area contributed by atoms with Gasteiger partial charge in [0.2, 0.25) is 0 Å². The van der Waals surface area contributed by atoms with Gasteiger partial charge >= 0.3 is 0 Å². The van der Waals surface area contributed by atoms with Crippen LogP contribution in [0.25, 0.3) is 22.3 Å². The van der Waals surface area contributed by atoms with E-state index in [9.17, 15) is 0 Å². The summed E-state index contributed by atoms with van der Waals surface area (Å²) in [6.45, 7) is 2.01. The second-order valence-corrected chi connectivity index (χ2v) is 4.82. The van der Waals surface area contributed by atoms with E-state index in [2.05, 4.69) is 0 Å². The molecule has 18 heavy (non-hydrogen) atoms. The molecule has 1 aromatic heterocycles. The molecule has 0 saturated heterocycles. The Labute approximate surface area is 110 Å². The third kappa shape index (κ3) is 1.85. The molecular weight excluding hydrogens is 246 g/mol. The third-order valence-corrected chi connectivity index (χ3v) is 3.19. The molecule has 1 heterocycles. The number of hydrogen-bond donors (Lipinski definition) is 1. The van der Waals surface area contributed by atoms with Gasteiger partial charge in [-0.2, -0.15) is 0 Å². The fourth-order valence-electron chi connectivity index (χ4n) is 2.05. The predicted octanol–water partition coefficient (Wildman–Crippen LogP) is 4.64. The molecule has 0 aliphatic heterocycles. The minimum absolute atomic E-state index is 0.701. The molecule has 0 spiro atoms. The molecule has 3 heteroatoms. The number of halogens is 1. The second kappa shape index (κ2) is 4.07. The second-order valence-electron chi connectivity index (χ2n) is 4.38. The van der Waals surface area contributed by atoms with Crippen LogP contribution in [0.3, 0.4) is 0 Å². The molecule has 0 bridgehead atoms. The molecular formula is C15H12ClNO. The van der Waals surface area contributed by atoms with Crippen LogP contribution in [0.5, 0.6) is 0 Å². The van der Waals surface area contributed by atoms with E-state index in [1.165, 1.54) is 0 Å². The molecule has 2 aromatic carbocycles. The number of aryl methyl sites for hydroxylation is 1. The summed E-state index contributed by atoms with van der Waals surface area (Å²) < 4.78 is 5.79. The van der Waals surface area contributed by atoms with E-state index in [0.717, 1.165) is 33.5 Å². The molecule has 0 saturated carbocycles. The topological polar surface area (TPSA) is 39.2 Å².